The molecule has 0 aliphatic carbocycles. The summed E-state index contributed by atoms with van der Waals surface area (Å²) in [5.41, 5.74) is 4.76. The van der Waals surface area contributed by atoms with Gasteiger partial charge in [0.2, 0.25) is 11.8 Å². The van der Waals surface area contributed by atoms with Crippen LogP contribution in [-0.4, -0.2) is 48.0 Å². The van der Waals surface area contributed by atoms with E-state index in [1.807, 2.05) is 6.07 Å². The molecule has 2 aliphatic rings. The summed E-state index contributed by atoms with van der Waals surface area (Å²) >= 11 is 0. The van der Waals surface area contributed by atoms with E-state index in [1.54, 1.807) is 41.4 Å². The van der Waals surface area contributed by atoms with Gasteiger partial charge in [-0.15, -0.1) is 0 Å². The summed E-state index contributed by atoms with van der Waals surface area (Å²) < 4.78 is 20.3. The molecule has 4 rings (SSSR count). The van der Waals surface area contributed by atoms with E-state index < -0.39 is 22.6 Å². The number of hydrogen-bond acceptors (Lipinski definition) is 4. The van der Waals surface area contributed by atoms with Gasteiger partial charge in [0.1, 0.15) is 11.2 Å². The van der Waals surface area contributed by atoms with Gasteiger partial charge < -0.3 is 15.4 Å². The topological polar surface area (TPSA) is 85.5 Å². The molecule has 7 heteroatoms. The van der Waals surface area contributed by atoms with Crippen LogP contribution in [-0.2, 0) is 25.2 Å². The number of aromatic nitrogens is 1. The van der Waals surface area contributed by atoms with Gasteiger partial charge in [0.25, 0.3) is 0 Å². The van der Waals surface area contributed by atoms with Gasteiger partial charge in [0.05, 0.1) is 11.1 Å². The fraction of sp³-hybridized carbons (Fsp3) is 0.435. The molecule has 0 radical (unpaired) electrons. The van der Waals surface area contributed by atoms with Gasteiger partial charge in [0, 0.05) is 38.1 Å². The van der Waals surface area contributed by atoms with Crippen LogP contribution in [0.2, 0.25) is 0 Å². The number of hydrogen-bond donors (Lipinski definition) is 1. The van der Waals surface area contributed by atoms with E-state index in [2.05, 4.69) is 4.98 Å². The predicted molar refractivity (Wildman–Crippen MR) is 109 cm³/mol. The third-order valence-corrected chi connectivity index (χ3v) is 6.55. The van der Waals surface area contributed by atoms with Crippen LogP contribution in [0.25, 0.3) is 0 Å². The number of pyridine rings is 1. The first kappa shape index (κ1) is 20.5. The van der Waals surface area contributed by atoms with E-state index in [0.29, 0.717) is 56.7 Å². The summed E-state index contributed by atoms with van der Waals surface area (Å²) in [6.07, 6.45) is 3.57. The lowest BCUT2D eigenvalue weighted by atomic mass is 9.70. The Kier molecular flexibility index (Phi) is 5.56. The van der Waals surface area contributed by atoms with Crippen LogP contribution >= 0.6 is 0 Å². The highest BCUT2D eigenvalue weighted by Crippen LogP contribution is 2.41. The van der Waals surface area contributed by atoms with Crippen molar-refractivity contribution in [3.05, 3.63) is 65.7 Å². The Bertz CT molecular complexity index is 930. The molecule has 2 saturated heterocycles. The van der Waals surface area contributed by atoms with Crippen molar-refractivity contribution in [2.45, 2.75) is 36.5 Å². The van der Waals surface area contributed by atoms with Crippen molar-refractivity contribution >= 4 is 11.8 Å². The van der Waals surface area contributed by atoms with Gasteiger partial charge in [0.15, 0.2) is 0 Å². The molecular weight excluding hydrogens is 385 g/mol. The molecular formula is C23H26FN3O3. The summed E-state index contributed by atoms with van der Waals surface area (Å²) in [5, 5.41) is 0. The standard InChI is InChI=1S/C23H26FN3O3/c24-18-7-2-1-6-17(18)22(10-14-30-15-11-22)21(29)27-13-5-9-23(16-27,20(25)28)19-8-3-4-12-26-19/h1-4,6-8,12H,5,9-11,13-16H2,(H2,25,28). The molecule has 0 saturated carbocycles. The number of likely N-dealkylation sites (tertiary alicyclic amines) is 1. The smallest absolute Gasteiger partial charge is 0.233 e. The van der Waals surface area contributed by atoms with Gasteiger partial charge >= 0.3 is 0 Å². The minimum Gasteiger partial charge on any atom is -0.381 e. The average molecular weight is 411 g/mol. The summed E-state index contributed by atoms with van der Waals surface area (Å²) in [6, 6.07) is 11.8. The second kappa shape index (κ2) is 8.14. The number of amides is 2. The maximum Gasteiger partial charge on any atom is 0.233 e. The highest BCUT2D eigenvalue weighted by atomic mass is 19.1. The number of nitrogens with zero attached hydrogens (tertiary/aromatic N) is 2. The van der Waals surface area contributed by atoms with Crippen LogP contribution in [0.1, 0.15) is 36.9 Å². The Balaban J connectivity index is 1.72. The van der Waals surface area contributed by atoms with Crippen molar-refractivity contribution in [1.29, 1.82) is 0 Å². The first-order valence-electron chi connectivity index (χ1n) is 10.3. The molecule has 0 bridgehead atoms. The van der Waals surface area contributed by atoms with E-state index in [0.717, 1.165) is 0 Å². The molecule has 2 aromatic rings. The molecule has 1 aromatic carbocycles. The summed E-state index contributed by atoms with van der Waals surface area (Å²) in [4.78, 5) is 32.5. The van der Waals surface area contributed by atoms with E-state index in [9.17, 15) is 14.0 Å². The van der Waals surface area contributed by atoms with Gasteiger partial charge in [-0.1, -0.05) is 24.3 Å². The normalized spacial score (nSPS) is 23.7. The number of carbonyl (C=O) groups excluding carboxylic acids is 2. The summed E-state index contributed by atoms with van der Waals surface area (Å²) in [6.45, 7) is 1.41. The lowest BCUT2D eigenvalue weighted by Gasteiger charge is -2.45. The van der Waals surface area contributed by atoms with Gasteiger partial charge in [-0.25, -0.2) is 4.39 Å². The van der Waals surface area contributed by atoms with E-state index in [-0.39, 0.29) is 12.5 Å². The molecule has 2 aliphatic heterocycles. The highest BCUT2D eigenvalue weighted by molar-refractivity contribution is 5.91. The van der Waals surface area contributed by atoms with Crippen molar-refractivity contribution in [1.82, 2.24) is 9.88 Å². The van der Waals surface area contributed by atoms with Crippen LogP contribution in [0.3, 0.4) is 0 Å². The second-order valence-corrected chi connectivity index (χ2v) is 8.17. The zero-order chi connectivity index (χ0) is 21.2. The number of primary amides is 1. The van der Waals surface area contributed by atoms with Crippen LogP contribution < -0.4 is 5.73 Å². The lowest BCUT2D eigenvalue weighted by molar-refractivity contribution is -0.145. The van der Waals surface area contributed by atoms with Gasteiger partial charge in [-0.05, 0) is 43.9 Å². The Labute approximate surface area is 175 Å². The lowest BCUT2D eigenvalue weighted by Crippen LogP contribution is -2.59. The number of benzene rings is 1. The number of nitrogens with two attached hydrogens (primary N) is 1. The largest absolute Gasteiger partial charge is 0.381 e. The molecule has 3 heterocycles. The highest BCUT2D eigenvalue weighted by Gasteiger charge is 2.50. The molecule has 2 N–H and O–H groups in total. The third kappa shape index (κ3) is 3.37. The van der Waals surface area contributed by atoms with Crippen LogP contribution in [0.15, 0.2) is 48.7 Å². The minimum absolute atomic E-state index is 0.148. The monoisotopic (exact) mass is 411 g/mol. The van der Waals surface area contributed by atoms with Crippen LogP contribution in [0, 0.1) is 5.82 Å². The molecule has 2 fully saturated rings. The summed E-state index contributed by atoms with van der Waals surface area (Å²) in [5.74, 6) is -1.06. The molecule has 158 valence electrons. The molecule has 1 atom stereocenters. The Hall–Kier alpha value is -2.80. The predicted octanol–water partition coefficient (Wildman–Crippen LogP) is 2.31. The van der Waals surface area contributed by atoms with Crippen molar-refractivity contribution in [2.24, 2.45) is 5.73 Å². The van der Waals surface area contributed by atoms with Crippen LogP contribution in [0.4, 0.5) is 4.39 Å². The van der Waals surface area contributed by atoms with E-state index in [4.69, 9.17) is 10.5 Å². The Morgan fingerprint density at radius 1 is 1.03 bits per heavy atom. The number of carbonyl (C=O) groups is 2. The zero-order valence-electron chi connectivity index (χ0n) is 16.9. The third-order valence-electron chi connectivity index (χ3n) is 6.55. The molecule has 2 amide bonds. The van der Waals surface area contributed by atoms with Gasteiger partial charge in [-0.3, -0.25) is 14.6 Å². The molecule has 1 unspecified atom stereocenters. The van der Waals surface area contributed by atoms with E-state index >= 15 is 0 Å². The molecule has 30 heavy (non-hydrogen) atoms. The molecule has 0 spiro atoms. The maximum absolute atomic E-state index is 14.8. The second-order valence-electron chi connectivity index (χ2n) is 8.17. The first-order valence-corrected chi connectivity index (χ1v) is 10.3. The quantitative estimate of drug-likeness (QED) is 0.837. The maximum atomic E-state index is 14.8. The number of rotatable bonds is 4. The minimum atomic E-state index is -1.04. The van der Waals surface area contributed by atoms with Crippen molar-refractivity contribution in [3.8, 4) is 0 Å². The van der Waals surface area contributed by atoms with Crippen molar-refractivity contribution in [3.63, 3.8) is 0 Å². The SMILES string of the molecule is NC(=O)C1(c2ccccn2)CCCN(C(=O)C2(c3ccccc3F)CCOCC2)C1. The van der Waals surface area contributed by atoms with Gasteiger partial charge in [-0.2, -0.15) is 0 Å². The summed E-state index contributed by atoms with van der Waals surface area (Å²) in [7, 11) is 0. The average Bonchev–Trinajstić information content (AvgIpc) is 2.80. The van der Waals surface area contributed by atoms with Crippen molar-refractivity contribution < 1.29 is 18.7 Å². The number of piperidine rings is 1. The number of ether oxygens (including phenoxy) is 1. The Morgan fingerprint density at radius 3 is 2.43 bits per heavy atom. The zero-order valence-corrected chi connectivity index (χ0v) is 16.9. The number of halogens is 1. The van der Waals surface area contributed by atoms with Crippen LogP contribution in [0.5, 0.6) is 0 Å². The van der Waals surface area contributed by atoms with Crippen molar-refractivity contribution in [2.75, 3.05) is 26.3 Å². The molecule has 6 nitrogen and oxygen atoms in total. The fourth-order valence-electron chi connectivity index (χ4n) is 4.88. The molecule has 1 aromatic heterocycles. The fourth-order valence-corrected chi connectivity index (χ4v) is 4.88. The first-order chi connectivity index (χ1) is 14.5. The van der Waals surface area contributed by atoms with E-state index in [1.165, 1.54) is 6.07 Å². The Morgan fingerprint density at radius 2 is 1.77 bits per heavy atom.